The Morgan fingerprint density at radius 1 is 1.25 bits per heavy atom. The number of H-pyrrole nitrogens is 1. The lowest BCUT2D eigenvalue weighted by Crippen LogP contribution is -2.27. The predicted octanol–water partition coefficient (Wildman–Crippen LogP) is 0.864. The first-order valence-corrected chi connectivity index (χ1v) is 7.61. The zero-order valence-electron chi connectivity index (χ0n) is 11.2. The maximum Gasteiger partial charge on any atom is 0.241 e. The molecule has 0 aliphatic rings. The molecule has 0 aliphatic heterocycles. The molecular formula is C12H17N5O2S. The van der Waals surface area contributed by atoms with Gasteiger partial charge in [-0.25, -0.2) is 18.1 Å². The fourth-order valence-electron chi connectivity index (χ4n) is 1.73. The van der Waals surface area contributed by atoms with E-state index in [1.165, 1.54) is 18.5 Å². The second kappa shape index (κ2) is 5.70. The van der Waals surface area contributed by atoms with E-state index in [-0.39, 0.29) is 10.9 Å². The smallest absolute Gasteiger partial charge is 0.241 e. The average Bonchev–Trinajstić information content (AvgIpc) is 2.92. The van der Waals surface area contributed by atoms with Crippen LogP contribution in [0.1, 0.15) is 37.3 Å². The SMILES string of the molecule is CC(N)c1ccc(S(=O)(=O)NC(C)c2ncn[nH]2)cc1. The fraction of sp³-hybridized carbons (Fsp3) is 0.333. The molecule has 2 rings (SSSR count). The number of nitrogens with two attached hydrogens (primary N) is 1. The van der Waals surface area contributed by atoms with E-state index < -0.39 is 16.1 Å². The van der Waals surface area contributed by atoms with Gasteiger partial charge in [0, 0.05) is 6.04 Å². The Labute approximate surface area is 117 Å². The lowest BCUT2D eigenvalue weighted by atomic mass is 10.1. The molecule has 1 aromatic heterocycles. The van der Waals surface area contributed by atoms with Crippen LogP contribution in [-0.4, -0.2) is 23.6 Å². The average molecular weight is 295 g/mol. The summed E-state index contributed by atoms with van der Waals surface area (Å²) in [7, 11) is -3.61. The Bertz CT molecular complexity index is 650. The minimum Gasteiger partial charge on any atom is -0.324 e. The number of aromatic amines is 1. The highest BCUT2D eigenvalue weighted by molar-refractivity contribution is 7.89. The zero-order valence-corrected chi connectivity index (χ0v) is 12.1. The Hall–Kier alpha value is -1.77. The second-order valence-corrected chi connectivity index (χ2v) is 6.29. The first-order valence-electron chi connectivity index (χ1n) is 6.13. The number of hydrogen-bond donors (Lipinski definition) is 3. The molecule has 0 saturated heterocycles. The molecule has 0 radical (unpaired) electrons. The van der Waals surface area contributed by atoms with E-state index >= 15 is 0 Å². The molecule has 7 nitrogen and oxygen atoms in total. The van der Waals surface area contributed by atoms with Gasteiger partial charge in [-0.15, -0.1) is 0 Å². The van der Waals surface area contributed by atoms with Gasteiger partial charge in [0.05, 0.1) is 10.9 Å². The Balaban J connectivity index is 2.18. The van der Waals surface area contributed by atoms with Crippen molar-refractivity contribution in [1.82, 2.24) is 19.9 Å². The van der Waals surface area contributed by atoms with E-state index in [4.69, 9.17) is 5.73 Å². The zero-order chi connectivity index (χ0) is 14.8. The third kappa shape index (κ3) is 3.21. The molecule has 0 spiro atoms. The van der Waals surface area contributed by atoms with Crippen LogP contribution in [0.4, 0.5) is 0 Å². The summed E-state index contributed by atoms with van der Waals surface area (Å²) in [5.74, 6) is 0.459. The summed E-state index contributed by atoms with van der Waals surface area (Å²) in [5.41, 5.74) is 6.62. The highest BCUT2D eigenvalue weighted by atomic mass is 32.2. The van der Waals surface area contributed by atoms with Gasteiger partial charge in [0.15, 0.2) is 0 Å². The van der Waals surface area contributed by atoms with Crippen LogP contribution in [0.15, 0.2) is 35.5 Å². The number of nitrogens with zero attached hydrogens (tertiary/aromatic N) is 2. The summed E-state index contributed by atoms with van der Waals surface area (Å²) in [6.45, 7) is 3.53. The normalized spacial score (nSPS) is 14.9. The molecule has 2 atom stereocenters. The Morgan fingerprint density at radius 3 is 2.40 bits per heavy atom. The van der Waals surface area contributed by atoms with Crippen molar-refractivity contribution < 1.29 is 8.42 Å². The lowest BCUT2D eigenvalue weighted by molar-refractivity contribution is 0.560. The van der Waals surface area contributed by atoms with Crippen LogP contribution in [0.2, 0.25) is 0 Å². The van der Waals surface area contributed by atoms with Crippen molar-refractivity contribution in [3.63, 3.8) is 0 Å². The third-order valence-corrected chi connectivity index (χ3v) is 4.45. The summed E-state index contributed by atoms with van der Waals surface area (Å²) in [5, 5.41) is 6.32. The summed E-state index contributed by atoms with van der Waals surface area (Å²) in [4.78, 5) is 4.11. The molecule has 1 heterocycles. The minimum absolute atomic E-state index is 0.132. The monoisotopic (exact) mass is 295 g/mol. The van der Waals surface area contributed by atoms with Gasteiger partial charge in [-0.2, -0.15) is 5.10 Å². The Morgan fingerprint density at radius 2 is 1.90 bits per heavy atom. The van der Waals surface area contributed by atoms with Crippen molar-refractivity contribution >= 4 is 10.0 Å². The number of rotatable bonds is 5. The van der Waals surface area contributed by atoms with Crippen LogP contribution >= 0.6 is 0 Å². The first kappa shape index (κ1) is 14.6. The van der Waals surface area contributed by atoms with Crippen LogP contribution in [0, 0.1) is 0 Å². The summed E-state index contributed by atoms with van der Waals surface area (Å²) < 4.78 is 27.0. The van der Waals surface area contributed by atoms with Gasteiger partial charge < -0.3 is 5.73 Å². The number of aromatic nitrogens is 3. The van der Waals surface area contributed by atoms with Crippen molar-refractivity contribution in [1.29, 1.82) is 0 Å². The molecule has 0 amide bonds. The molecule has 2 aromatic rings. The first-order chi connectivity index (χ1) is 9.40. The van der Waals surface area contributed by atoms with Crippen molar-refractivity contribution in [2.45, 2.75) is 30.8 Å². The molecule has 0 fully saturated rings. The van der Waals surface area contributed by atoms with Crippen molar-refractivity contribution in [2.75, 3.05) is 0 Å². The van der Waals surface area contributed by atoms with Crippen LogP contribution in [-0.2, 0) is 10.0 Å². The van der Waals surface area contributed by atoms with Gasteiger partial charge in [-0.05, 0) is 31.5 Å². The molecule has 8 heteroatoms. The van der Waals surface area contributed by atoms with Crippen LogP contribution in [0.25, 0.3) is 0 Å². The summed E-state index contributed by atoms with van der Waals surface area (Å²) in [6, 6.07) is 5.86. The Kier molecular flexibility index (Phi) is 4.17. The van der Waals surface area contributed by atoms with E-state index in [2.05, 4.69) is 19.9 Å². The molecule has 1 aromatic carbocycles. The van der Waals surface area contributed by atoms with Gasteiger partial charge in [0.2, 0.25) is 10.0 Å². The lowest BCUT2D eigenvalue weighted by Gasteiger charge is -2.12. The molecule has 20 heavy (non-hydrogen) atoms. The molecule has 0 aliphatic carbocycles. The maximum atomic E-state index is 12.2. The van der Waals surface area contributed by atoms with Gasteiger partial charge in [0.25, 0.3) is 0 Å². The van der Waals surface area contributed by atoms with E-state index in [1.807, 2.05) is 6.92 Å². The molecule has 4 N–H and O–H groups in total. The summed E-state index contributed by atoms with van der Waals surface area (Å²) >= 11 is 0. The maximum absolute atomic E-state index is 12.2. The third-order valence-electron chi connectivity index (χ3n) is 2.89. The second-order valence-electron chi connectivity index (χ2n) is 4.57. The van der Waals surface area contributed by atoms with Gasteiger partial charge in [0.1, 0.15) is 12.2 Å². The predicted molar refractivity (Wildman–Crippen MR) is 74.2 cm³/mol. The minimum atomic E-state index is -3.61. The molecular weight excluding hydrogens is 278 g/mol. The van der Waals surface area contributed by atoms with E-state index in [9.17, 15) is 8.42 Å². The van der Waals surface area contributed by atoms with Crippen molar-refractivity contribution in [3.8, 4) is 0 Å². The molecule has 0 bridgehead atoms. The number of hydrogen-bond acceptors (Lipinski definition) is 5. The molecule has 2 unspecified atom stereocenters. The largest absolute Gasteiger partial charge is 0.324 e. The quantitative estimate of drug-likeness (QED) is 0.757. The van der Waals surface area contributed by atoms with Crippen molar-refractivity contribution in [2.24, 2.45) is 5.73 Å². The van der Waals surface area contributed by atoms with E-state index in [1.54, 1.807) is 19.1 Å². The fourth-order valence-corrected chi connectivity index (χ4v) is 2.94. The van der Waals surface area contributed by atoms with Crippen molar-refractivity contribution in [3.05, 3.63) is 42.0 Å². The van der Waals surface area contributed by atoms with Crippen LogP contribution < -0.4 is 10.5 Å². The number of nitrogens with one attached hydrogen (secondary N) is 2. The standard InChI is InChI=1S/C12H17N5O2S/c1-8(13)10-3-5-11(6-4-10)20(18,19)17-9(2)12-14-7-15-16-12/h3-9,17H,13H2,1-2H3,(H,14,15,16). The van der Waals surface area contributed by atoms with E-state index in [0.717, 1.165) is 5.56 Å². The molecule has 108 valence electrons. The topological polar surface area (TPSA) is 114 Å². The highest BCUT2D eigenvalue weighted by Gasteiger charge is 2.19. The van der Waals surface area contributed by atoms with Crippen LogP contribution in [0.3, 0.4) is 0 Å². The number of sulfonamides is 1. The summed E-state index contributed by atoms with van der Waals surface area (Å²) in [6.07, 6.45) is 1.33. The van der Waals surface area contributed by atoms with E-state index in [0.29, 0.717) is 5.82 Å². The molecule has 0 saturated carbocycles. The van der Waals surface area contributed by atoms with Gasteiger partial charge >= 0.3 is 0 Å². The number of benzene rings is 1. The van der Waals surface area contributed by atoms with Gasteiger partial charge in [-0.1, -0.05) is 12.1 Å². The highest BCUT2D eigenvalue weighted by Crippen LogP contribution is 2.16. The van der Waals surface area contributed by atoms with Gasteiger partial charge in [-0.3, -0.25) is 5.10 Å². The van der Waals surface area contributed by atoms with Crippen LogP contribution in [0.5, 0.6) is 0 Å².